The number of carbonyl (C=O) groups excluding carboxylic acids is 1. The van der Waals surface area contributed by atoms with E-state index in [1.54, 1.807) is 4.90 Å². The van der Waals surface area contributed by atoms with Crippen LogP contribution in [0.5, 0.6) is 0 Å². The minimum Gasteiger partial charge on any atom is -0.365 e. The molecule has 1 saturated heterocycles. The van der Waals surface area contributed by atoms with Gasteiger partial charge in [0, 0.05) is 31.7 Å². The number of aromatic nitrogens is 3. The molecule has 0 aromatic carbocycles. The highest BCUT2D eigenvalue weighted by molar-refractivity contribution is 5.90. The molecule has 0 radical (unpaired) electrons. The summed E-state index contributed by atoms with van der Waals surface area (Å²) in [5.41, 5.74) is 1.79. The van der Waals surface area contributed by atoms with Crippen molar-refractivity contribution in [2.45, 2.75) is 31.7 Å². The summed E-state index contributed by atoms with van der Waals surface area (Å²) in [4.78, 5) is 25.4. The maximum Gasteiger partial charge on any atom is 0.246 e. The zero-order valence-corrected chi connectivity index (χ0v) is 13.5. The van der Waals surface area contributed by atoms with Crippen LogP contribution in [-0.2, 0) is 11.2 Å². The van der Waals surface area contributed by atoms with Crippen LogP contribution in [0, 0.1) is 11.3 Å². The van der Waals surface area contributed by atoms with Crippen LogP contribution in [0.4, 0.5) is 5.82 Å². The normalized spacial score (nSPS) is 17.5. The molecule has 0 spiro atoms. The number of aryl methyl sites for hydroxylation is 1. The van der Waals surface area contributed by atoms with Gasteiger partial charge in [0.1, 0.15) is 17.8 Å². The molecule has 3 heterocycles. The Bertz CT molecular complexity index is 790. The summed E-state index contributed by atoms with van der Waals surface area (Å²) in [5.74, 6) is 0.720. The molecule has 1 atom stereocenters. The Morgan fingerprint density at radius 3 is 3.25 bits per heavy atom. The first-order valence-corrected chi connectivity index (χ1v) is 8.08. The average Bonchev–Trinajstić information content (AvgIpc) is 3.03. The van der Waals surface area contributed by atoms with Gasteiger partial charge in [-0.05, 0) is 30.9 Å². The van der Waals surface area contributed by atoms with Gasteiger partial charge in [0.15, 0.2) is 0 Å². The Labute approximate surface area is 140 Å². The van der Waals surface area contributed by atoms with E-state index in [1.807, 2.05) is 6.20 Å². The second-order valence-electron chi connectivity index (χ2n) is 5.89. The number of fused-ring (bicyclic) bond motifs is 1. The van der Waals surface area contributed by atoms with Crippen LogP contribution in [-0.4, -0.2) is 44.9 Å². The number of likely N-dealkylation sites (tertiary alicyclic amines) is 1. The Kier molecular flexibility index (Phi) is 4.75. The van der Waals surface area contributed by atoms with Gasteiger partial charge in [0.05, 0.1) is 11.5 Å². The Hall–Kier alpha value is -2.88. The molecule has 1 fully saturated rings. The fourth-order valence-corrected chi connectivity index (χ4v) is 3.14. The second-order valence-corrected chi connectivity index (χ2v) is 5.89. The van der Waals surface area contributed by atoms with E-state index < -0.39 is 0 Å². The number of hydrogen-bond donors (Lipinski definition) is 2. The van der Waals surface area contributed by atoms with Gasteiger partial charge in [-0.15, -0.1) is 0 Å². The molecule has 2 aromatic heterocycles. The Morgan fingerprint density at radius 1 is 1.58 bits per heavy atom. The molecule has 0 bridgehead atoms. The fourth-order valence-electron chi connectivity index (χ4n) is 3.14. The molecule has 1 unspecified atom stereocenters. The lowest BCUT2D eigenvalue weighted by molar-refractivity contribution is -0.127. The monoisotopic (exact) mass is 324 g/mol. The number of nitriles is 1. The second kappa shape index (κ2) is 7.13. The van der Waals surface area contributed by atoms with Gasteiger partial charge in [-0.2, -0.15) is 5.26 Å². The van der Waals surface area contributed by atoms with Crippen molar-refractivity contribution in [2.75, 3.05) is 18.4 Å². The van der Waals surface area contributed by atoms with Crippen LogP contribution in [0.3, 0.4) is 0 Å². The predicted molar refractivity (Wildman–Crippen MR) is 91.2 cm³/mol. The van der Waals surface area contributed by atoms with Crippen molar-refractivity contribution >= 4 is 22.8 Å². The largest absolute Gasteiger partial charge is 0.365 e. The van der Waals surface area contributed by atoms with Crippen LogP contribution in [0.1, 0.15) is 24.8 Å². The molecule has 1 amide bonds. The molecular weight excluding hydrogens is 304 g/mol. The highest BCUT2D eigenvalue weighted by atomic mass is 16.2. The first kappa shape index (κ1) is 16.0. The van der Waals surface area contributed by atoms with Gasteiger partial charge >= 0.3 is 0 Å². The van der Waals surface area contributed by atoms with Crippen molar-refractivity contribution in [2.24, 2.45) is 0 Å². The summed E-state index contributed by atoms with van der Waals surface area (Å²) in [7, 11) is 0. The molecule has 124 valence electrons. The third-order valence-corrected chi connectivity index (χ3v) is 4.31. The number of anilines is 1. The SMILES string of the molecule is C=CC(=O)N1CCCC(Nc2ncnc3[nH]cc(CCC#N)c23)C1. The van der Waals surface area contributed by atoms with Gasteiger partial charge in [-0.25, -0.2) is 9.97 Å². The summed E-state index contributed by atoms with van der Waals surface area (Å²) in [5, 5.41) is 13.2. The van der Waals surface area contributed by atoms with Crippen LogP contribution in [0.2, 0.25) is 0 Å². The number of H-pyrrole nitrogens is 1. The fraction of sp³-hybridized carbons (Fsp3) is 0.412. The molecular formula is C17H20N6O. The molecule has 1 aliphatic heterocycles. The first-order valence-electron chi connectivity index (χ1n) is 8.08. The van der Waals surface area contributed by atoms with Crippen molar-refractivity contribution < 1.29 is 4.79 Å². The summed E-state index contributed by atoms with van der Waals surface area (Å²) in [6.45, 7) is 4.95. The van der Waals surface area contributed by atoms with E-state index in [2.05, 4.69) is 32.9 Å². The standard InChI is InChI=1S/C17H20N6O/c1-2-14(24)23-8-4-6-13(10-23)22-17-15-12(5-3-7-18)9-19-16(15)20-11-21-17/h2,9,11,13H,1,3-6,8,10H2,(H2,19,20,21,22). The van der Waals surface area contributed by atoms with Gasteiger partial charge < -0.3 is 15.2 Å². The van der Waals surface area contributed by atoms with Crippen molar-refractivity contribution in [3.8, 4) is 6.07 Å². The van der Waals surface area contributed by atoms with E-state index in [1.165, 1.54) is 12.4 Å². The topological polar surface area (TPSA) is 97.7 Å². The number of piperidine rings is 1. The van der Waals surface area contributed by atoms with Crippen LogP contribution >= 0.6 is 0 Å². The number of amides is 1. The van der Waals surface area contributed by atoms with E-state index in [9.17, 15) is 4.79 Å². The lowest BCUT2D eigenvalue weighted by Crippen LogP contribution is -2.44. The van der Waals surface area contributed by atoms with Crippen LogP contribution < -0.4 is 5.32 Å². The maximum absolute atomic E-state index is 11.8. The van der Waals surface area contributed by atoms with Gasteiger partial charge in [0.25, 0.3) is 0 Å². The zero-order valence-electron chi connectivity index (χ0n) is 13.5. The Balaban J connectivity index is 1.82. The summed E-state index contributed by atoms with van der Waals surface area (Å²) in [6.07, 6.45) is 7.79. The van der Waals surface area contributed by atoms with Gasteiger partial charge in [-0.1, -0.05) is 6.58 Å². The molecule has 0 aliphatic carbocycles. The summed E-state index contributed by atoms with van der Waals surface area (Å²) >= 11 is 0. The lowest BCUT2D eigenvalue weighted by atomic mass is 10.0. The molecule has 2 aromatic rings. The average molecular weight is 324 g/mol. The first-order chi connectivity index (χ1) is 11.7. The van der Waals surface area contributed by atoms with Crippen LogP contribution in [0.25, 0.3) is 11.0 Å². The van der Waals surface area contributed by atoms with Crippen molar-refractivity contribution in [3.05, 3.63) is 30.7 Å². The Morgan fingerprint density at radius 2 is 2.46 bits per heavy atom. The number of aromatic amines is 1. The molecule has 7 nitrogen and oxygen atoms in total. The molecule has 7 heteroatoms. The summed E-state index contributed by atoms with van der Waals surface area (Å²) < 4.78 is 0. The van der Waals surface area contributed by atoms with Crippen LogP contribution in [0.15, 0.2) is 25.2 Å². The van der Waals surface area contributed by atoms with Gasteiger partial charge in [-0.3, -0.25) is 4.79 Å². The number of nitrogens with zero attached hydrogens (tertiary/aromatic N) is 4. The van der Waals surface area contributed by atoms with Crippen molar-refractivity contribution in [1.29, 1.82) is 5.26 Å². The number of rotatable bonds is 5. The molecule has 1 aliphatic rings. The maximum atomic E-state index is 11.8. The summed E-state index contributed by atoms with van der Waals surface area (Å²) in [6, 6.07) is 2.31. The van der Waals surface area contributed by atoms with Gasteiger partial charge in [0.2, 0.25) is 5.91 Å². The minimum atomic E-state index is -0.0364. The van der Waals surface area contributed by atoms with Crippen molar-refractivity contribution in [1.82, 2.24) is 19.9 Å². The highest BCUT2D eigenvalue weighted by Crippen LogP contribution is 2.26. The molecule has 24 heavy (non-hydrogen) atoms. The molecule has 3 rings (SSSR count). The lowest BCUT2D eigenvalue weighted by Gasteiger charge is -2.32. The third-order valence-electron chi connectivity index (χ3n) is 4.31. The van der Waals surface area contributed by atoms with E-state index in [0.717, 1.165) is 41.8 Å². The third kappa shape index (κ3) is 3.23. The highest BCUT2D eigenvalue weighted by Gasteiger charge is 2.23. The minimum absolute atomic E-state index is 0.0364. The van der Waals surface area contributed by atoms with E-state index in [0.29, 0.717) is 19.4 Å². The smallest absolute Gasteiger partial charge is 0.246 e. The predicted octanol–water partition coefficient (Wildman–Crippen LogP) is 2.00. The van der Waals surface area contributed by atoms with E-state index >= 15 is 0 Å². The van der Waals surface area contributed by atoms with E-state index in [-0.39, 0.29) is 11.9 Å². The van der Waals surface area contributed by atoms with E-state index in [4.69, 9.17) is 5.26 Å². The molecule has 2 N–H and O–H groups in total. The van der Waals surface area contributed by atoms with Crippen molar-refractivity contribution in [3.63, 3.8) is 0 Å². The number of hydrogen-bond acceptors (Lipinski definition) is 5. The quantitative estimate of drug-likeness (QED) is 0.820. The number of nitrogens with one attached hydrogen (secondary N) is 2. The molecule has 0 saturated carbocycles. The number of carbonyl (C=O) groups is 1. The zero-order chi connectivity index (χ0) is 16.9.